The van der Waals surface area contributed by atoms with Crippen LogP contribution < -0.4 is 5.32 Å². The molecule has 20 heavy (non-hydrogen) atoms. The van der Waals surface area contributed by atoms with Crippen LogP contribution in [-0.2, 0) is 14.9 Å². The number of benzene rings is 1. The summed E-state index contributed by atoms with van der Waals surface area (Å²) >= 11 is 0. The zero-order valence-corrected chi connectivity index (χ0v) is 12.3. The zero-order valence-electron chi connectivity index (χ0n) is 12.3. The average Bonchev–Trinajstić information content (AvgIpc) is 2.35. The summed E-state index contributed by atoms with van der Waals surface area (Å²) in [4.78, 5) is 23.2. The molecule has 0 heterocycles. The van der Waals surface area contributed by atoms with Crippen LogP contribution in [0.4, 0.5) is 4.79 Å². The number of carbonyl (C=O) groups is 2. The second-order valence-corrected chi connectivity index (χ2v) is 5.86. The van der Waals surface area contributed by atoms with E-state index in [1.165, 1.54) is 0 Å². The first-order valence-corrected chi connectivity index (χ1v) is 6.41. The quantitative estimate of drug-likeness (QED) is 0.830. The fourth-order valence-electron chi connectivity index (χ4n) is 1.74. The van der Waals surface area contributed by atoms with Crippen LogP contribution in [-0.4, -0.2) is 29.3 Å². The Morgan fingerprint density at radius 2 is 1.70 bits per heavy atom. The van der Waals surface area contributed by atoms with Gasteiger partial charge in [-0.15, -0.1) is 0 Å². The SMILES string of the molecule is CC(C)(C)OC(=O)C(C)(CNC(=O)O)c1ccccc1. The van der Waals surface area contributed by atoms with E-state index in [0.29, 0.717) is 5.56 Å². The molecule has 0 aliphatic carbocycles. The molecule has 2 N–H and O–H groups in total. The first kappa shape index (κ1) is 16.0. The lowest BCUT2D eigenvalue weighted by Gasteiger charge is -2.31. The standard InChI is InChI=1S/C15H21NO4/c1-14(2,3)20-12(17)15(4,10-16-13(18)19)11-8-6-5-7-9-11/h5-9,16H,10H2,1-4H3,(H,18,19). The Morgan fingerprint density at radius 1 is 1.15 bits per heavy atom. The maximum atomic E-state index is 12.4. The van der Waals surface area contributed by atoms with Gasteiger partial charge >= 0.3 is 12.1 Å². The fourth-order valence-corrected chi connectivity index (χ4v) is 1.74. The minimum atomic E-state index is -1.17. The normalized spacial score (nSPS) is 14.2. The van der Waals surface area contributed by atoms with E-state index in [1.54, 1.807) is 52.0 Å². The molecule has 1 atom stereocenters. The van der Waals surface area contributed by atoms with E-state index in [0.717, 1.165) is 0 Å². The summed E-state index contributed by atoms with van der Waals surface area (Å²) < 4.78 is 5.42. The molecule has 0 aromatic heterocycles. The van der Waals surface area contributed by atoms with Gasteiger partial charge in [0.1, 0.15) is 11.0 Å². The van der Waals surface area contributed by atoms with Crippen LogP contribution >= 0.6 is 0 Å². The summed E-state index contributed by atoms with van der Waals surface area (Å²) in [5, 5.41) is 11.0. The Hall–Kier alpha value is -2.04. The van der Waals surface area contributed by atoms with Crippen molar-refractivity contribution in [3.8, 4) is 0 Å². The third-order valence-corrected chi connectivity index (χ3v) is 2.85. The van der Waals surface area contributed by atoms with Crippen LogP contribution in [0.15, 0.2) is 30.3 Å². The largest absolute Gasteiger partial charge is 0.465 e. The predicted molar refractivity (Wildman–Crippen MR) is 75.7 cm³/mol. The molecule has 0 spiro atoms. The summed E-state index contributed by atoms with van der Waals surface area (Å²) in [6.45, 7) is 6.97. The van der Waals surface area contributed by atoms with Gasteiger partial charge in [-0.05, 0) is 33.3 Å². The number of hydrogen-bond acceptors (Lipinski definition) is 3. The smallest absolute Gasteiger partial charge is 0.404 e. The number of nitrogens with one attached hydrogen (secondary N) is 1. The van der Waals surface area contributed by atoms with Gasteiger partial charge in [-0.2, -0.15) is 0 Å². The molecule has 1 aromatic carbocycles. The second-order valence-electron chi connectivity index (χ2n) is 5.86. The maximum Gasteiger partial charge on any atom is 0.404 e. The molecule has 0 saturated heterocycles. The highest BCUT2D eigenvalue weighted by Crippen LogP contribution is 2.27. The van der Waals surface area contributed by atoms with E-state index in [4.69, 9.17) is 9.84 Å². The van der Waals surface area contributed by atoms with Crippen molar-refractivity contribution < 1.29 is 19.4 Å². The molecule has 5 nitrogen and oxygen atoms in total. The predicted octanol–water partition coefficient (Wildman–Crippen LogP) is 2.55. The lowest BCUT2D eigenvalue weighted by atomic mass is 9.82. The summed E-state index contributed by atoms with van der Waals surface area (Å²) in [5.41, 5.74) is -0.980. The molecule has 0 bridgehead atoms. The lowest BCUT2D eigenvalue weighted by molar-refractivity contribution is -0.161. The van der Waals surface area contributed by atoms with Gasteiger partial charge in [-0.3, -0.25) is 4.79 Å². The fraction of sp³-hybridized carbons (Fsp3) is 0.467. The van der Waals surface area contributed by atoms with Gasteiger partial charge in [-0.25, -0.2) is 4.79 Å². The molecule has 1 rings (SSSR count). The monoisotopic (exact) mass is 279 g/mol. The summed E-state index contributed by atoms with van der Waals surface area (Å²) in [6.07, 6.45) is -1.17. The van der Waals surface area contributed by atoms with Crippen LogP contribution in [0.1, 0.15) is 33.3 Å². The summed E-state index contributed by atoms with van der Waals surface area (Å²) in [5.74, 6) is -0.454. The van der Waals surface area contributed by atoms with Gasteiger partial charge in [0.05, 0.1) is 0 Å². The molecule has 0 saturated carbocycles. The Kier molecular flexibility index (Phi) is 4.76. The molecular weight excluding hydrogens is 258 g/mol. The van der Waals surface area contributed by atoms with Crippen molar-refractivity contribution in [1.29, 1.82) is 0 Å². The molecule has 5 heteroatoms. The zero-order chi connectivity index (χ0) is 15.4. The minimum absolute atomic E-state index is 0.0404. The molecule has 0 aliphatic heterocycles. The number of esters is 1. The van der Waals surface area contributed by atoms with Crippen LogP contribution in [0.25, 0.3) is 0 Å². The van der Waals surface area contributed by atoms with E-state index in [9.17, 15) is 9.59 Å². The third kappa shape index (κ3) is 4.26. The lowest BCUT2D eigenvalue weighted by Crippen LogP contribution is -2.47. The van der Waals surface area contributed by atoms with Gasteiger partial charge in [0.2, 0.25) is 0 Å². The van der Waals surface area contributed by atoms with Crippen LogP contribution in [0.2, 0.25) is 0 Å². The van der Waals surface area contributed by atoms with Gasteiger partial charge < -0.3 is 15.2 Å². The number of carboxylic acid groups (broad SMARTS) is 1. The van der Waals surface area contributed by atoms with E-state index in [2.05, 4.69) is 5.32 Å². The van der Waals surface area contributed by atoms with Gasteiger partial charge in [-0.1, -0.05) is 30.3 Å². The van der Waals surface area contributed by atoms with E-state index >= 15 is 0 Å². The topological polar surface area (TPSA) is 75.6 Å². The Balaban J connectivity index is 3.07. The van der Waals surface area contributed by atoms with Crippen LogP contribution in [0, 0.1) is 0 Å². The Labute approximate surface area is 118 Å². The first-order valence-electron chi connectivity index (χ1n) is 6.41. The summed E-state index contributed by atoms with van der Waals surface area (Å²) in [7, 11) is 0. The van der Waals surface area contributed by atoms with E-state index in [1.807, 2.05) is 6.07 Å². The van der Waals surface area contributed by atoms with Crippen molar-refractivity contribution in [2.24, 2.45) is 0 Å². The van der Waals surface area contributed by atoms with Crippen LogP contribution in [0.5, 0.6) is 0 Å². The van der Waals surface area contributed by atoms with Crippen molar-refractivity contribution in [2.45, 2.75) is 38.7 Å². The maximum absolute atomic E-state index is 12.4. The molecule has 1 amide bonds. The third-order valence-electron chi connectivity index (χ3n) is 2.85. The highest BCUT2D eigenvalue weighted by molar-refractivity contribution is 5.84. The molecule has 1 aromatic rings. The second kappa shape index (κ2) is 5.94. The highest BCUT2D eigenvalue weighted by atomic mass is 16.6. The number of amides is 1. The van der Waals surface area contributed by atoms with Gasteiger partial charge in [0, 0.05) is 6.54 Å². The summed E-state index contributed by atoms with van der Waals surface area (Å²) in [6, 6.07) is 9.02. The Bertz CT molecular complexity index is 478. The number of carbonyl (C=O) groups excluding carboxylic acids is 1. The molecule has 110 valence electrons. The van der Waals surface area contributed by atoms with Crippen molar-refractivity contribution in [3.05, 3.63) is 35.9 Å². The molecule has 0 radical (unpaired) electrons. The van der Waals surface area contributed by atoms with E-state index < -0.39 is 23.1 Å². The molecule has 0 fully saturated rings. The number of rotatable bonds is 4. The van der Waals surface area contributed by atoms with Crippen LogP contribution in [0.3, 0.4) is 0 Å². The number of ether oxygens (including phenoxy) is 1. The van der Waals surface area contributed by atoms with Gasteiger partial charge in [0.15, 0.2) is 0 Å². The highest BCUT2D eigenvalue weighted by Gasteiger charge is 2.39. The molecule has 0 aliphatic rings. The van der Waals surface area contributed by atoms with E-state index in [-0.39, 0.29) is 6.54 Å². The van der Waals surface area contributed by atoms with Crippen molar-refractivity contribution in [2.75, 3.05) is 6.54 Å². The Morgan fingerprint density at radius 3 is 2.15 bits per heavy atom. The average molecular weight is 279 g/mol. The van der Waals surface area contributed by atoms with Gasteiger partial charge in [0.25, 0.3) is 0 Å². The van der Waals surface area contributed by atoms with Crippen molar-refractivity contribution >= 4 is 12.1 Å². The number of hydrogen-bond donors (Lipinski definition) is 2. The molecule has 1 unspecified atom stereocenters. The minimum Gasteiger partial charge on any atom is -0.465 e. The van der Waals surface area contributed by atoms with Crippen molar-refractivity contribution in [3.63, 3.8) is 0 Å². The molecular formula is C15H21NO4. The first-order chi connectivity index (χ1) is 9.15. The van der Waals surface area contributed by atoms with Crippen molar-refractivity contribution in [1.82, 2.24) is 5.32 Å².